The normalized spacial score (nSPS) is 21.3. The van der Waals surface area contributed by atoms with Crippen LogP contribution in [0.15, 0.2) is 24.3 Å². The van der Waals surface area contributed by atoms with E-state index in [1.807, 2.05) is 25.1 Å². The lowest BCUT2D eigenvalue weighted by atomic mass is 10.1. The van der Waals surface area contributed by atoms with Crippen LogP contribution in [-0.2, 0) is 16.1 Å². The van der Waals surface area contributed by atoms with Crippen molar-refractivity contribution >= 4 is 35.2 Å². The molecule has 1 aromatic rings. The molecular formula is C15H20ClN3O2S. The Hall–Kier alpha value is -1.24. The van der Waals surface area contributed by atoms with Crippen LogP contribution in [-0.4, -0.2) is 29.1 Å². The molecule has 1 heterocycles. The van der Waals surface area contributed by atoms with E-state index in [9.17, 15) is 9.59 Å². The largest absolute Gasteiger partial charge is 0.351 e. The number of amides is 2. The number of rotatable bonds is 6. The van der Waals surface area contributed by atoms with Crippen LogP contribution in [0.2, 0.25) is 5.02 Å². The van der Waals surface area contributed by atoms with Crippen molar-refractivity contribution in [3.8, 4) is 0 Å². The van der Waals surface area contributed by atoms with Crippen molar-refractivity contribution in [2.75, 3.05) is 5.75 Å². The second kappa shape index (κ2) is 8.41. The molecule has 0 spiro atoms. The van der Waals surface area contributed by atoms with Gasteiger partial charge >= 0.3 is 0 Å². The van der Waals surface area contributed by atoms with Crippen LogP contribution in [0.3, 0.4) is 0 Å². The van der Waals surface area contributed by atoms with Crippen LogP contribution in [0.25, 0.3) is 0 Å². The van der Waals surface area contributed by atoms with Gasteiger partial charge in [-0.1, -0.05) is 36.7 Å². The summed E-state index contributed by atoms with van der Waals surface area (Å²) in [5, 5.41) is 9.60. The molecule has 5 nitrogen and oxygen atoms in total. The van der Waals surface area contributed by atoms with E-state index in [1.54, 1.807) is 6.07 Å². The van der Waals surface area contributed by atoms with Gasteiger partial charge in [0.05, 0.1) is 5.75 Å². The molecular weight excluding hydrogens is 322 g/mol. The van der Waals surface area contributed by atoms with E-state index < -0.39 is 0 Å². The topological polar surface area (TPSA) is 70.2 Å². The molecule has 0 radical (unpaired) electrons. The van der Waals surface area contributed by atoms with Crippen molar-refractivity contribution in [2.24, 2.45) is 0 Å². The van der Waals surface area contributed by atoms with E-state index in [0.29, 0.717) is 18.0 Å². The summed E-state index contributed by atoms with van der Waals surface area (Å²) in [5.41, 5.74) is 0.676. The van der Waals surface area contributed by atoms with Gasteiger partial charge in [-0.3, -0.25) is 14.9 Å². The summed E-state index contributed by atoms with van der Waals surface area (Å²) in [6.45, 7) is 2.44. The Kier molecular flexibility index (Phi) is 6.54. The molecule has 7 heteroatoms. The number of carbonyl (C=O) groups excluding carboxylic acids is 2. The molecule has 1 aliphatic heterocycles. The second-order valence-corrected chi connectivity index (χ2v) is 6.60. The fourth-order valence-corrected chi connectivity index (χ4v) is 3.27. The van der Waals surface area contributed by atoms with Gasteiger partial charge in [-0.25, -0.2) is 0 Å². The van der Waals surface area contributed by atoms with Crippen LogP contribution in [0.5, 0.6) is 0 Å². The molecule has 1 aromatic carbocycles. The lowest BCUT2D eigenvalue weighted by molar-refractivity contribution is -0.123. The molecule has 0 saturated carbocycles. The monoisotopic (exact) mass is 341 g/mol. The molecule has 2 amide bonds. The number of thioether (sulfide) groups is 1. The third kappa shape index (κ3) is 5.19. The van der Waals surface area contributed by atoms with Crippen molar-refractivity contribution in [2.45, 2.75) is 37.8 Å². The van der Waals surface area contributed by atoms with E-state index in [0.717, 1.165) is 12.0 Å². The van der Waals surface area contributed by atoms with Crippen molar-refractivity contribution in [3.05, 3.63) is 34.9 Å². The van der Waals surface area contributed by atoms with Crippen LogP contribution in [0.1, 0.15) is 25.3 Å². The molecule has 0 aliphatic carbocycles. The van der Waals surface area contributed by atoms with Crippen LogP contribution in [0.4, 0.5) is 0 Å². The maximum atomic E-state index is 11.9. The van der Waals surface area contributed by atoms with Crippen LogP contribution >= 0.6 is 23.4 Å². The van der Waals surface area contributed by atoms with E-state index in [-0.39, 0.29) is 29.1 Å². The van der Waals surface area contributed by atoms with Gasteiger partial charge in [0.25, 0.3) is 0 Å². The van der Waals surface area contributed by atoms with Crippen molar-refractivity contribution in [1.29, 1.82) is 0 Å². The first-order valence-electron chi connectivity index (χ1n) is 7.25. The Morgan fingerprint density at radius 2 is 2.23 bits per heavy atom. The van der Waals surface area contributed by atoms with Crippen molar-refractivity contribution in [3.63, 3.8) is 0 Å². The highest BCUT2D eigenvalue weighted by molar-refractivity contribution is 8.00. The number of nitrogens with one attached hydrogen (secondary N) is 3. The zero-order valence-electron chi connectivity index (χ0n) is 12.4. The third-order valence-corrected chi connectivity index (χ3v) is 4.80. The minimum absolute atomic E-state index is 0.0274. The van der Waals surface area contributed by atoms with Gasteiger partial charge < -0.3 is 10.6 Å². The first kappa shape index (κ1) is 17.1. The molecule has 1 aliphatic rings. The minimum atomic E-state index is -0.211. The highest BCUT2D eigenvalue weighted by atomic mass is 35.5. The summed E-state index contributed by atoms with van der Waals surface area (Å²) >= 11 is 7.42. The predicted octanol–water partition coefficient (Wildman–Crippen LogP) is 1.86. The third-order valence-electron chi connectivity index (χ3n) is 3.42. The average molecular weight is 342 g/mol. The van der Waals surface area contributed by atoms with Gasteiger partial charge in [0.1, 0.15) is 5.50 Å². The predicted molar refractivity (Wildman–Crippen MR) is 89.5 cm³/mol. The molecule has 3 N–H and O–H groups in total. The molecule has 1 fully saturated rings. The molecule has 120 valence electrons. The van der Waals surface area contributed by atoms with Gasteiger partial charge in [-0.05, 0) is 18.1 Å². The molecule has 2 atom stereocenters. The summed E-state index contributed by atoms with van der Waals surface area (Å²) in [6.07, 6.45) is 1.38. The first-order chi connectivity index (χ1) is 10.6. The molecule has 0 bridgehead atoms. The zero-order valence-corrected chi connectivity index (χ0v) is 14.0. The maximum absolute atomic E-state index is 11.9. The second-order valence-electron chi connectivity index (χ2n) is 5.10. The highest BCUT2D eigenvalue weighted by Gasteiger charge is 2.25. The van der Waals surface area contributed by atoms with Crippen molar-refractivity contribution < 1.29 is 9.59 Å². The first-order valence-corrected chi connectivity index (χ1v) is 8.68. The van der Waals surface area contributed by atoms with E-state index in [2.05, 4.69) is 16.0 Å². The lowest BCUT2D eigenvalue weighted by Crippen LogP contribution is -2.54. The zero-order chi connectivity index (χ0) is 15.9. The van der Waals surface area contributed by atoms with Gasteiger partial charge in [0.15, 0.2) is 0 Å². The standard InChI is InChI=1S/C15H20ClN3O2S/c1-2-11-7-13(20)19-15(18-11)22-9-14(21)17-8-10-5-3-4-6-12(10)16/h3-6,11,15,18H,2,7-9H2,1H3,(H,17,21)(H,19,20). The number of halogens is 1. The van der Waals surface area contributed by atoms with E-state index in [4.69, 9.17) is 11.6 Å². The van der Waals surface area contributed by atoms with Gasteiger partial charge in [0.2, 0.25) is 11.8 Å². The highest BCUT2D eigenvalue weighted by Crippen LogP contribution is 2.15. The van der Waals surface area contributed by atoms with E-state index in [1.165, 1.54) is 11.8 Å². The Bertz CT molecular complexity index is 541. The maximum Gasteiger partial charge on any atom is 0.230 e. The number of hydrogen-bond donors (Lipinski definition) is 3. The SMILES string of the molecule is CCC1CC(=O)NC(SCC(=O)NCc2ccccc2Cl)N1. The summed E-state index contributed by atoms with van der Waals surface area (Å²) in [5.74, 6) is 0.220. The smallest absolute Gasteiger partial charge is 0.230 e. The fourth-order valence-electron chi connectivity index (χ4n) is 2.14. The van der Waals surface area contributed by atoms with Crippen molar-refractivity contribution in [1.82, 2.24) is 16.0 Å². The summed E-state index contributed by atoms with van der Waals surface area (Å²) < 4.78 is 0. The number of benzene rings is 1. The van der Waals surface area contributed by atoms with Crippen LogP contribution < -0.4 is 16.0 Å². The molecule has 1 saturated heterocycles. The summed E-state index contributed by atoms with van der Waals surface area (Å²) in [7, 11) is 0. The quantitative estimate of drug-likeness (QED) is 0.738. The average Bonchev–Trinajstić information content (AvgIpc) is 2.51. The van der Waals surface area contributed by atoms with Gasteiger partial charge in [0, 0.05) is 24.0 Å². The Morgan fingerprint density at radius 1 is 1.45 bits per heavy atom. The Balaban J connectivity index is 1.73. The summed E-state index contributed by atoms with van der Waals surface area (Å²) in [4.78, 5) is 23.4. The number of carbonyl (C=O) groups is 2. The molecule has 22 heavy (non-hydrogen) atoms. The fraction of sp³-hybridized carbons (Fsp3) is 0.467. The Labute approximate surface area is 139 Å². The molecule has 0 aromatic heterocycles. The Morgan fingerprint density at radius 3 is 2.95 bits per heavy atom. The van der Waals surface area contributed by atoms with Gasteiger partial charge in [-0.2, -0.15) is 0 Å². The molecule has 2 rings (SSSR count). The number of hydrogen-bond acceptors (Lipinski definition) is 4. The van der Waals surface area contributed by atoms with Gasteiger partial charge in [-0.15, -0.1) is 11.8 Å². The minimum Gasteiger partial charge on any atom is -0.351 e. The lowest BCUT2D eigenvalue weighted by Gasteiger charge is -2.30. The molecule has 2 unspecified atom stereocenters. The van der Waals surface area contributed by atoms with E-state index >= 15 is 0 Å². The summed E-state index contributed by atoms with van der Waals surface area (Å²) in [6, 6.07) is 7.59. The van der Waals surface area contributed by atoms with Crippen LogP contribution in [0, 0.1) is 0 Å².